The fraction of sp³-hybridized carbons (Fsp3) is 0.412. The topological polar surface area (TPSA) is 105 Å². The predicted octanol–water partition coefficient (Wildman–Crippen LogP) is 4.70. The highest BCUT2D eigenvalue weighted by atomic mass is 32.2. The van der Waals surface area contributed by atoms with Crippen LogP contribution in [0.1, 0.15) is 50.2 Å². The van der Waals surface area contributed by atoms with Crippen LogP contribution in [0, 0.1) is 0 Å². The molecule has 1 saturated carbocycles. The first-order chi connectivity index (χ1) is 21.3. The molecule has 44 heavy (non-hydrogen) atoms. The van der Waals surface area contributed by atoms with Gasteiger partial charge < -0.3 is 19.7 Å². The normalized spacial score (nSPS) is 15.7. The number of carbonyl (C=O) groups is 2. The standard InChI is InChI=1S/C34H41N3O6S/c1-2-44(40,41)37(29-18-19-31-32(23-29)43-21-20-42-31)25-33(38)36(24-27-14-8-4-9-15-27)30(22-26-12-6-3-7-13-26)34(39)35-28-16-10-5-11-17-28/h3-4,6-9,12-15,18-19,23,28,30H,2,5,10-11,16-17,20-22,24-25H2,1H3,(H,35,39)/t30-/m1/s1. The summed E-state index contributed by atoms with van der Waals surface area (Å²) in [5, 5.41) is 3.23. The van der Waals surface area contributed by atoms with Gasteiger partial charge >= 0.3 is 0 Å². The molecule has 1 aliphatic heterocycles. The van der Waals surface area contributed by atoms with E-state index in [1.54, 1.807) is 25.1 Å². The number of fused-ring (bicyclic) bond motifs is 1. The molecule has 0 unspecified atom stereocenters. The van der Waals surface area contributed by atoms with Gasteiger partial charge in [-0.3, -0.25) is 13.9 Å². The molecule has 3 aromatic carbocycles. The van der Waals surface area contributed by atoms with Gasteiger partial charge in [0.2, 0.25) is 21.8 Å². The van der Waals surface area contributed by atoms with Gasteiger partial charge in [0, 0.05) is 25.1 Å². The third kappa shape index (κ3) is 7.91. The summed E-state index contributed by atoms with van der Waals surface area (Å²) in [4.78, 5) is 30.0. The Bertz CT molecular complexity index is 1510. The third-order valence-electron chi connectivity index (χ3n) is 8.21. The van der Waals surface area contributed by atoms with Crippen molar-refractivity contribution in [3.8, 4) is 11.5 Å². The molecule has 1 fully saturated rings. The van der Waals surface area contributed by atoms with E-state index in [0.717, 1.165) is 47.5 Å². The zero-order valence-corrected chi connectivity index (χ0v) is 26.0. The lowest BCUT2D eigenvalue weighted by Crippen LogP contribution is -2.55. The fourth-order valence-electron chi connectivity index (χ4n) is 5.79. The first-order valence-corrected chi connectivity index (χ1v) is 17.0. The average Bonchev–Trinajstić information content (AvgIpc) is 3.06. The number of sulfonamides is 1. The Kier molecular flexibility index (Phi) is 10.4. The number of benzene rings is 3. The second-order valence-corrected chi connectivity index (χ2v) is 13.5. The van der Waals surface area contributed by atoms with Crippen LogP contribution in [0.25, 0.3) is 0 Å². The summed E-state index contributed by atoms with van der Waals surface area (Å²) in [5.74, 6) is 0.0404. The lowest BCUT2D eigenvalue weighted by atomic mass is 9.94. The first-order valence-electron chi connectivity index (χ1n) is 15.4. The van der Waals surface area contributed by atoms with Gasteiger partial charge in [-0.15, -0.1) is 0 Å². The molecule has 10 heteroatoms. The van der Waals surface area contributed by atoms with Gasteiger partial charge in [0.15, 0.2) is 11.5 Å². The minimum Gasteiger partial charge on any atom is -0.486 e. The molecule has 0 aromatic heterocycles. The Hall–Kier alpha value is -4.05. The minimum atomic E-state index is -3.88. The lowest BCUT2D eigenvalue weighted by molar-refractivity contribution is -0.140. The van der Waals surface area contributed by atoms with Crippen LogP contribution in [0.3, 0.4) is 0 Å². The molecule has 3 aromatic rings. The number of hydrogen-bond donors (Lipinski definition) is 1. The molecule has 0 spiro atoms. The molecule has 1 heterocycles. The number of ether oxygens (including phenoxy) is 2. The van der Waals surface area contributed by atoms with Crippen LogP contribution in [-0.2, 0) is 32.6 Å². The zero-order chi connectivity index (χ0) is 30.9. The second kappa shape index (κ2) is 14.6. The number of carbonyl (C=O) groups excluding carboxylic acids is 2. The van der Waals surface area contributed by atoms with Crippen LogP contribution in [0.5, 0.6) is 11.5 Å². The Morgan fingerprint density at radius 1 is 0.864 bits per heavy atom. The van der Waals surface area contributed by atoms with Crippen molar-refractivity contribution in [2.45, 2.75) is 64.1 Å². The summed E-state index contributed by atoms with van der Waals surface area (Å²) in [6.07, 6.45) is 5.37. The van der Waals surface area contributed by atoms with Crippen molar-refractivity contribution in [1.29, 1.82) is 0 Å². The van der Waals surface area contributed by atoms with E-state index in [4.69, 9.17) is 9.47 Å². The summed E-state index contributed by atoms with van der Waals surface area (Å²) < 4.78 is 39.3. The minimum absolute atomic E-state index is 0.0536. The molecule has 1 N–H and O–H groups in total. The van der Waals surface area contributed by atoms with Crippen molar-refractivity contribution in [1.82, 2.24) is 10.2 Å². The molecule has 1 aliphatic carbocycles. The molecule has 0 radical (unpaired) electrons. The van der Waals surface area contributed by atoms with E-state index in [1.807, 2.05) is 60.7 Å². The van der Waals surface area contributed by atoms with Crippen LogP contribution in [0.15, 0.2) is 78.9 Å². The quantitative estimate of drug-likeness (QED) is 0.315. The highest BCUT2D eigenvalue weighted by Crippen LogP contribution is 2.35. The Morgan fingerprint density at radius 2 is 1.50 bits per heavy atom. The predicted molar refractivity (Wildman–Crippen MR) is 170 cm³/mol. The van der Waals surface area contributed by atoms with Crippen molar-refractivity contribution >= 4 is 27.5 Å². The SMILES string of the molecule is CCS(=O)(=O)N(CC(=O)N(Cc1ccccc1)[C@H](Cc1ccccc1)C(=O)NC1CCCCC1)c1ccc2c(c1)OCCO2. The monoisotopic (exact) mass is 619 g/mol. The van der Waals surface area contributed by atoms with Crippen LogP contribution < -0.4 is 19.1 Å². The zero-order valence-electron chi connectivity index (χ0n) is 25.2. The summed E-state index contributed by atoms with van der Waals surface area (Å²) in [6, 6.07) is 23.1. The average molecular weight is 620 g/mol. The lowest BCUT2D eigenvalue weighted by Gasteiger charge is -2.35. The van der Waals surface area contributed by atoms with Crippen molar-refractivity contribution in [3.05, 3.63) is 90.0 Å². The summed E-state index contributed by atoms with van der Waals surface area (Å²) in [5.41, 5.74) is 2.05. The summed E-state index contributed by atoms with van der Waals surface area (Å²) in [6.45, 7) is 1.98. The molecule has 0 saturated heterocycles. The van der Waals surface area contributed by atoms with Crippen molar-refractivity contribution < 1.29 is 27.5 Å². The van der Waals surface area contributed by atoms with Gasteiger partial charge in [-0.1, -0.05) is 79.9 Å². The van der Waals surface area contributed by atoms with E-state index in [1.165, 1.54) is 4.90 Å². The molecule has 9 nitrogen and oxygen atoms in total. The molecule has 5 rings (SSSR count). The van der Waals surface area contributed by atoms with Gasteiger partial charge in [-0.2, -0.15) is 0 Å². The van der Waals surface area contributed by atoms with Crippen molar-refractivity contribution in [3.63, 3.8) is 0 Å². The largest absolute Gasteiger partial charge is 0.486 e. The molecular formula is C34H41N3O6S. The Morgan fingerprint density at radius 3 is 2.16 bits per heavy atom. The molecule has 2 amide bonds. The molecule has 2 aliphatic rings. The molecule has 1 atom stereocenters. The highest BCUT2D eigenvalue weighted by molar-refractivity contribution is 7.92. The van der Waals surface area contributed by atoms with Crippen molar-refractivity contribution in [2.24, 2.45) is 0 Å². The van der Waals surface area contributed by atoms with Gasteiger partial charge in [0.25, 0.3) is 0 Å². The van der Waals surface area contributed by atoms with E-state index in [-0.39, 0.29) is 24.2 Å². The van der Waals surface area contributed by atoms with E-state index in [2.05, 4.69) is 5.32 Å². The van der Waals surface area contributed by atoms with Gasteiger partial charge in [-0.25, -0.2) is 8.42 Å². The first kappa shape index (κ1) is 31.4. The molecule has 0 bridgehead atoms. The maximum atomic E-state index is 14.4. The van der Waals surface area contributed by atoms with E-state index in [0.29, 0.717) is 36.8 Å². The number of hydrogen-bond acceptors (Lipinski definition) is 6. The van der Waals surface area contributed by atoms with Crippen LogP contribution in [-0.4, -0.2) is 62.7 Å². The maximum absolute atomic E-state index is 14.4. The van der Waals surface area contributed by atoms with Crippen molar-refractivity contribution in [2.75, 3.05) is 29.8 Å². The summed E-state index contributed by atoms with van der Waals surface area (Å²) in [7, 11) is -3.88. The smallest absolute Gasteiger partial charge is 0.244 e. The number of nitrogens with zero attached hydrogens (tertiary/aromatic N) is 2. The van der Waals surface area contributed by atoms with Crippen LogP contribution in [0.4, 0.5) is 5.69 Å². The third-order valence-corrected chi connectivity index (χ3v) is 9.95. The summed E-state index contributed by atoms with van der Waals surface area (Å²) >= 11 is 0. The van der Waals surface area contributed by atoms with E-state index in [9.17, 15) is 18.0 Å². The molecular weight excluding hydrogens is 578 g/mol. The molecule has 234 valence electrons. The van der Waals surface area contributed by atoms with Gasteiger partial charge in [0.1, 0.15) is 25.8 Å². The fourth-order valence-corrected chi connectivity index (χ4v) is 6.84. The highest BCUT2D eigenvalue weighted by Gasteiger charge is 2.35. The number of nitrogens with one attached hydrogen (secondary N) is 1. The van der Waals surface area contributed by atoms with Gasteiger partial charge in [-0.05, 0) is 43.0 Å². The number of amides is 2. The second-order valence-electron chi connectivity index (χ2n) is 11.3. The van der Waals surface area contributed by atoms with Gasteiger partial charge in [0.05, 0.1) is 11.4 Å². The number of rotatable bonds is 12. The Balaban J connectivity index is 1.50. The number of anilines is 1. The van der Waals surface area contributed by atoms with Crippen LogP contribution >= 0.6 is 0 Å². The Labute approximate surface area is 260 Å². The maximum Gasteiger partial charge on any atom is 0.244 e. The van der Waals surface area contributed by atoms with E-state index < -0.39 is 28.5 Å². The van der Waals surface area contributed by atoms with Crippen LogP contribution in [0.2, 0.25) is 0 Å². The van der Waals surface area contributed by atoms with E-state index >= 15 is 0 Å².